The number of hydrogen-bond donors (Lipinski definition) is 0. The second-order valence-corrected chi connectivity index (χ2v) is 37.5. The number of anilines is 6. The van der Waals surface area contributed by atoms with Gasteiger partial charge in [-0.25, -0.2) is 4.85 Å². The molecule has 0 fully saturated rings. The summed E-state index contributed by atoms with van der Waals surface area (Å²) in [6.07, 6.45) is 0. The van der Waals surface area contributed by atoms with Crippen molar-refractivity contribution in [2.75, 3.05) is 9.80 Å². The molecule has 0 saturated heterocycles. The fraction of sp³-hybridized carbons (Fsp3) is 0.142. The smallest absolute Gasteiger partial charge is 0.252 e. The van der Waals surface area contributed by atoms with Gasteiger partial charge in [0.1, 0.15) is 0 Å². The molecule has 0 spiro atoms. The summed E-state index contributed by atoms with van der Waals surface area (Å²) in [6, 6.07) is 127. The van der Waals surface area contributed by atoms with Crippen LogP contribution in [-0.2, 0) is 21.7 Å². The molecule has 0 unspecified atom stereocenters. The van der Waals surface area contributed by atoms with Crippen LogP contribution in [0.25, 0.3) is 154 Å². The number of hydrogen-bond acceptors (Lipinski definition) is 2. The van der Waals surface area contributed by atoms with Crippen molar-refractivity contribution in [3.63, 3.8) is 0 Å². The Morgan fingerprint density at radius 1 is 0.267 bits per heavy atom. The van der Waals surface area contributed by atoms with Crippen molar-refractivity contribution in [3.8, 4) is 67.0 Å². The number of fused-ring (bicyclic) bond motifs is 18. The van der Waals surface area contributed by atoms with Crippen LogP contribution >= 0.6 is 0 Å². The van der Waals surface area contributed by atoms with Crippen molar-refractivity contribution in [2.24, 2.45) is 0 Å². The van der Waals surface area contributed by atoms with Crippen molar-refractivity contribution in [2.45, 2.75) is 105 Å². The predicted octanol–water partition coefficient (Wildman–Crippen LogP) is 29.2. The Kier molecular flexibility index (Phi) is 16.0. The minimum absolute atomic E-state index is 0.0947. The number of rotatable bonds is 9. The summed E-state index contributed by atoms with van der Waals surface area (Å²) < 4.78 is 7.66. The van der Waals surface area contributed by atoms with Gasteiger partial charge in [-0.15, -0.1) is 0 Å². The molecular formula is C113H91BN6. The molecule has 0 bridgehead atoms. The first kappa shape index (κ1) is 72.5. The molecule has 0 saturated carbocycles. The van der Waals surface area contributed by atoms with Crippen LogP contribution in [-0.4, -0.2) is 20.2 Å². The van der Waals surface area contributed by atoms with E-state index in [9.17, 15) is 0 Å². The molecule has 6 heterocycles. The quantitative estimate of drug-likeness (QED) is 0.106. The maximum atomic E-state index is 8.36. The Morgan fingerprint density at radius 2 is 0.625 bits per heavy atom. The van der Waals surface area contributed by atoms with Crippen LogP contribution < -0.4 is 26.2 Å². The predicted molar refractivity (Wildman–Crippen MR) is 512 cm³/mol. The largest absolute Gasteiger partial charge is 0.309 e. The van der Waals surface area contributed by atoms with Crippen LogP contribution in [0.1, 0.15) is 105 Å². The fourth-order valence-electron chi connectivity index (χ4n) is 20.1. The molecule has 2 aliphatic rings. The van der Waals surface area contributed by atoms with Gasteiger partial charge in [-0.1, -0.05) is 308 Å². The van der Waals surface area contributed by atoms with E-state index >= 15 is 0 Å². The normalized spacial score (nSPS) is 13.1. The molecule has 22 rings (SSSR count). The topological polar surface area (TPSA) is 25.1 Å². The molecule has 576 valence electrons. The highest BCUT2D eigenvalue weighted by Crippen LogP contribution is 2.60. The lowest BCUT2D eigenvalue weighted by Crippen LogP contribution is -2.61. The van der Waals surface area contributed by atoms with E-state index < -0.39 is 0 Å². The zero-order valence-corrected chi connectivity index (χ0v) is 70.0. The van der Waals surface area contributed by atoms with Crippen molar-refractivity contribution in [1.82, 2.24) is 13.5 Å². The molecule has 0 radical (unpaired) electrons. The maximum Gasteiger partial charge on any atom is 0.252 e. The second kappa shape index (κ2) is 26.5. The Balaban J connectivity index is 0.981. The Morgan fingerprint density at radius 3 is 1.06 bits per heavy atom. The number of benzene rings is 16. The average Bonchev–Trinajstić information content (AvgIpc) is 1.43. The summed E-state index contributed by atoms with van der Waals surface area (Å²) in [7, 11) is 0. The Labute approximate surface area is 702 Å². The average molecular weight is 1540 g/mol. The Hall–Kier alpha value is -13.9. The first-order valence-electron chi connectivity index (χ1n) is 42.4. The number of aromatic nitrogens is 3. The van der Waals surface area contributed by atoms with Crippen molar-refractivity contribution in [3.05, 3.63) is 367 Å². The van der Waals surface area contributed by atoms with Gasteiger partial charge in [0.25, 0.3) is 6.71 Å². The van der Waals surface area contributed by atoms with Crippen LogP contribution in [0.15, 0.2) is 334 Å². The lowest BCUT2D eigenvalue weighted by Gasteiger charge is -2.46. The van der Waals surface area contributed by atoms with Crippen LogP contribution in [0.2, 0.25) is 0 Å². The lowest BCUT2D eigenvalue weighted by molar-refractivity contribution is 0.590. The Bertz CT molecular complexity index is 7560. The SMILES string of the molecule is [C-]#[N+]c1ccc2c(c1)c1ccccc1n2-c1ccc2c(c1)N(c1c(-c3ccccc3)cc(C(C)(C)C)cc1-c1cccc(-c3ccccc3)c1)c1c3c(c4c5ccccc5n5c6ccccc6c1c45)N(c1c(-c4ccccc4)cc(C(C)(C)C)cc1-c1ccccc1)c1cc(-n4c5ccc(C(C)(C)C)cc5c5cc(C(C)(C)C)ccc54)ccc1B23. The molecule has 16 aromatic carbocycles. The number of para-hydroxylation sites is 3. The first-order valence-corrected chi connectivity index (χ1v) is 42.4. The van der Waals surface area contributed by atoms with E-state index in [2.05, 4.69) is 439 Å². The van der Waals surface area contributed by atoms with E-state index in [-0.39, 0.29) is 28.4 Å². The fourth-order valence-corrected chi connectivity index (χ4v) is 20.1. The van der Waals surface area contributed by atoms with Gasteiger partial charge < -0.3 is 23.3 Å². The van der Waals surface area contributed by atoms with E-state index in [1.54, 1.807) is 0 Å². The van der Waals surface area contributed by atoms with Crippen LogP contribution in [0.5, 0.6) is 0 Å². The third-order valence-electron chi connectivity index (χ3n) is 26.1. The van der Waals surface area contributed by atoms with Gasteiger partial charge in [0, 0.05) is 82.7 Å². The summed E-state index contributed by atoms with van der Waals surface area (Å²) in [6.45, 7) is 36.2. The highest BCUT2D eigenvalue weighted by atomic mass is 15.2. The third-order valence-corrected chi connectivity index (χ3v) is 26.1. The highest BCUT2D eigenvalue weighted by Gasteiger charge is 2.49. The number of nitrogens with zero attached hydrogens (tertiary/aromatic N) is 6. The minimum Gasteiger partial charge on any atom is -0.309 e. The molecule has 7 heteroatoms. The van der Waals surface area contributed by atoms with Gasteiger partial charge in [0.05, 0.1) is 67.9 Å². The molecule has 120 heavy (non-hydrogen) atoms. The van der Waals surface area contributed by atoms with Gasteiger partial charge in [-0.3, -0.25) is 0 Å². The van der Waals surface area contributed by atoms with E-state index in [4.69, 9.17) is 6.57 Å². The zero-order chi connectivity index (χ0) is 81.7. The van der Waals surface area contributed by atoms with E-state index in [0.717, 1.165) is 151 Å². The van der Waals surface area contributed by atoms with Gasteiger partial charge >= 0.3 is 0 Å². The standard InChI is InChI=1S/C113H91BN6/c1-110(2,3)75-49-56-97-89(60-75)90-61-76(111(4,5)6)50-57-98(90)117(97)81-53-55-92-100(68-81)119(105-85(70-35-20-15-21-36-70)62-77(112(7,8)9)63-86(105)71-37-22-16-23-38-71)108-102-83-44-27-30-47-95(83)118-96-48-31-28-45-84(96)103(107(102)118)109-104(108)114(92)93-54-52-80(116-94-46-29-26-43-82(94)91-66-79(115-13)51-58-99(91)116)67-101(93)120(109)106-87(72-39-24-17-25-40-72)64-78(113(10,11)12)65-88(106)74-42-32-41-73(59-74)69-33-18-14-19-34-69/h14-68H,1-12H3. The van der Waals surface area contributed by atoms with E-state index in [0.29, 0.717) is 5.69 Å². The van der Waals surface area contributed by atoms with Crippen LogP contribution in [0.4, 0.5) is 39.8 Å². The first-order chi connectivity index (χ1) is 58.0. The molecule has 0 amide bonds. The van der Waals surface area contributed by atoms with E-state index in [1.807, 2.05) is 6.07 Å². The lowest BCUT2D eigenvalue weighted by atomic mass is 9.33. The van der Waals surface area contributed by atoms with Gasteiger partial charge in [0.2, 0.25) is 0 Å². The summed E-state index contributed by atoms with van der Waals surface area (Å²) in [5, 5.41) is 9.36. The molecule has 2 aliphatic heterocycles. The summed E-state index contributed by atoms with van der Waals surface area (Å²) in [4.78, 5) is 9.64. The zero-order valence-electron chi connectivity index (χ0n) is 70.0. The third kappa shape index (κ3) is 11.1. The highest BCUT2D eigenvalue weighted by molar-refractivity contribution is 7.01. The molecule has 4 aromatic heterocycles. The summed E-state index contributed by atoms with van der Waals surface area (Å²) in [5.41, 5.74) is 36.5. The minimum atomic E-state index is -0.389. The van der Waals surface area contributed by atoms with Crippen molar-refractivity contribution in [1.29, 1.82) is 0 Å². The van der Waals surface area contributed by atoms with Gasteiger partial charge in [-0.05, 0) is 208 Å². The van der Waals surface area contributed by atoms with E-state index in [1.165, 1.54) is 71.0 Å². The molecule has 0 N–H and O–H groups in total. The summed E-state index contributed by atoms with van der Waals surface area (Å²) in [5.74, 6) is 0. The molecule has 20 aromatic rings. The van der Waals surface area contributed by atoms with Crippen molar-refractivity contribution >= 4 is 145 Å². The molecule has 0 aliphatic carbocycles. The van der Waals surface area contributed by atoms with Crippen LogP contribution in [0.3, 0.4) is 0 Å². The summed E-state index contributed by atoms with van der Waals surface area (Å²) >= 11 is 0. The van der Waals surface area contributed by atoms with Gasteiger partial charge in [-0.2, -0.15) is 0 Å². The molecular weight excluding hydrogens is 1450 g/mol. The van der Waals surface area contributed by atoms with Crippen LogP contribution in [0, 0.1) is 6.57 Å². The van der Waals surface area contributed by atoms with Gasteiger partial charge in [0.15, 0.2) is 5.69 Å². The monoisotopic (exact) mass is 1540 g/mol. The second-order valence-electron chi connectivity index (χ2n) is 37.5. The molecule has 0 atom stereocenters. The molecule has 6 nitrogen and oxygen atoms in total. The maximum absolute atomic E-state index is 8.36. The van der Waals surface area contributed by atoms with Crippen molar-refractivity contribution < 1.29 is 0 Å².